The maximum absolute atomic E-state index is 9.42. The molecule has 1 heterocycles. The van der Waals surface area contributed by atoms with Gasteiger partial charge in [0.15, 0.2) is 0 Å². The Labute approximate surface area is 252 Å². The lowest BCUT2D eigenvalue weighted by molar-refractivity contribution is 0.668. The van der Waals surface area contributed by atoms with Gasteiger partial charge in [-0.2, -0.15) is 0 Å². The molecular weight excluding hydrogens is 472 g/mol. The molecule has 5 aromatic carbocycles. The molecule has 0 radical (unpaired) electrons. The minimum atomic E-state index is -1.66. The smallest absolute Gasteiger partial charge is 0.136 e. The van der Waals surface area contributed by atoms with E-state index >= 15 is 0 Å². The fraction of sp³-hybridized carbons (Fsp3) is 0.0526. The second-order valence-corrected chi connectivity index (χ2v) is 9.06. The molecule has 2 aliphatic carbocycles. The molecule has 0 saturated heterocycles. The van der Waals surface area contributed by atoms with Crippen molar-refractivity contribution in [3.63, 3.8) is 0 Å². The van der Waals surface area contributed by atoms with Crippen LogP contribution in [0.15, 0.2) is 150 Å². The molecule has 0 fully saturated rings. The van der Waals surface area contributed by atoms with Crippen LogP contribution in [0, 0.1) is 11.8 Å². The highest BCUT2D eigenvalue weighted by atomic mass is 16.3. The first-order valence-electron chi connectivity index (χ1n) is 21.1. The first-order chi connectivity index (χ1) is 26.8. The average Bonchev–Trinajstić information content (AvgIpc) is 3.57. The van der Waals surface area contributed by atoms with E-state index in [1.807, 2.05) is 0 Å². The molecule has 0 amide bonds. The third kappa shape index (κ3) is 3.47. The second-order valence-electron chi connectivity index (χ2n) is 9.06. The standard InChI is InChI=1S/C38H26O/c1-3-13-25(14-4-1)32-24-36-33(27-17-11-12-22-35(27)39-36)23-34(32)38-30-20-9-7-18-28(30)37(26-15-5-2-6-16-26)29-19-8-10-21-31(29)38/h1-24,28,30H/i1D,2D,3D,4D,5D,6D,7D,8D,9D,10D,13D,14D,15D,16D,18D,19D,20D,21D. The highest BCUT2D eigenvalue weighted by Gasteiger charge is 2.33. The average molecular weight is 517 g/mol. The Morgan fingerprint density at radius 1 is 0.538 bits per heavy atom. The van der Waals surface area contributed by atoms with E-state index < -0.39 is 131 Å². The summed E-state index contributed by atoms with van der Waals surface area (Å²) in [6.45, 7) is 0. The zero-order valence-corrected chi connectivity index (χ0v) is 20.0. The van der Waals surface area contributed by atoms with E-state index in [4.69, 9.17) is 23.6 Å². The lowest BCUT2D eigenvalue weighted by Crippen LogP contribution is -2.40. The number of hydrogen-bond acceptors (Lipinski definition) is 1. The molecule has 8 rings (SSSR count). The lowest BCUT2D eigenvalue weighted by atomic mass is 9.69. The second kappa shape index (κ2) is 8.85. The van der Waals surface area contributed by atoms with Crippen LogP contribution in [0.5, 0.6) is 0 Å². The number of rotatable bonds is 3. The van der Waals surface area contributed by atoms with Gasteiger partial charge in [0.05, 0.1) is 24.7 Å². The number of hydrogen-bond donors (Lipinski definition) is 0. The summed E-state index contributed by atoms with van der Waals surface area (Å²) < 4.78 is 165. The van der Waals surface area contributed by atoms with Crippen molar-refractivity contribution in [1.82, 2.24) is 0 Å². The fourth-order valence-electron chi connectivity index (χ4n) is 5.45. The molecular formula is C38H26O. The molecule has 0 saturated carbocycles. The zero-order valence-electron chi connectivity index (χ0n) is 38.0. The predicted molar refractivity (Wildman–Crippen MR) is 162 cm³/mol. The Hall–Kier alpha value is -4.88. The number of fused-ring (bicyclic) bond motifs is 5. The summed E-state index contributed by atoms with van der Waals surface area (Å²) in [5.41, 5.74) is -0.834. The molecule has 39 heavy (non-hydrogen) atoms. The molecule has 0 spiro atoms. The first kappa shape index (κ1) is 10.7. The molecule has 1 nitrogen and oxygen atoms in total. The van der Waals surface area contributed by atoms with Crippen molar-refractivity contribution < 1.29 is 29.1 Å². The molecule has 0 bridgehead atoms. The van der Waals surface area contributed by atoms with Crippen molar-refractivity contribution in [3.8, 4) is 11.1 Å². The third-order valence-electron chi connectivity index (χ3n) is 7.05. The molecule has 184 valence electrons. The van der Waals surface area contributed by atoms with Crippen LogP contribution >= 0.6 is 0 Å². The van der Waals surface area contributed by atoms with Crippen molar-refractivity contribution >= 4 is 33.1 Å². The van der Waals surface area contributed by atoms with Gasteiger partial charge in [-0.25, -0.2) is 0 Å². The summed E-state index contributed by atoms with van der Waals surface area (Å²) in [6, 6.07) is -3.00. The van der Waals surface area contributed by atoms with E-state index in [2.05, 4.69) is 0 Å². The third-order valence-corrected chi connectivity index (χ3v) is 7.05. The summed E-state index contributed by atoms with van der Waals surface area (Å²) in [4.78, 5) is 0. The van der Waals surface area contributed by atoms with Gasteiger partial charge < -0.3 is 4.42 Å². The van der Waals surface area contributed by atoms with Crippen LogP contribution in [0.25, 0.3) is 44.2 Å². The van der Waals surface area contributed by atoms with Crippen LogP contribution in [-0.4, -0.2) is 0 Å². The Morgan fingerprint density at radius 2 is 1.15 bits per heavy atom. The lowest BCUT2D eigenvalue weighted by Gasteiger charge is -2.34. The normalized spacial score (nSPS) is 25.4. The van der Waals surface area contributed by atoms with Crippen LogP contribution in [0.3, 0.4) is 0 Å². The summed E-state index contributed by atoms with van der Waals surface area (Å²) in [5, 5.41) is 0.267. The Bertz CT molecular complexity index is 3010. The van der Waals surface area contributed by atoms with Crippen LogP contribution in [-0.2, 0) is 0 Å². The largest absolute Gasteiger partial charge is 0.456 e. The highest BCUT2D eigenvalue weighted by molar-refractivity contribution is 6.08. The fourth-order valence-corrected chi connectivity index (χ4v) is 5.45. The van der Waals surface area contributed by atoms with Gasteiger partial charge in [-0.1, -0.05) is 127 Å². The molecule has 1 aromatic heterocycles. The van der Waals surface area contributed by atoms with E-state index in [-0.39, 0.29) is 38.6 Å². The van der Waals surface area contributed by atoms with Gasteiger partial charge in [0.1, 0.15) is 11.2 Å². The number of allylic oxidation sites excluding steroid dienone is 4. The molecule has 6 aromatic rings. The highest BCUT2D eigenvalue weighted by Crippen LogP contribution is 2.44. The molecule has 0 N–H and O–H groups in total. The molecule has 2 unspecified atom stereocenters. The first-order valence-corrected chi connectivity index (χ1v) is 12.1. The van der Waals surface area contributed by atoms with E-state index in [1.54, 1.807) is 24.3 Å². The van der Waals surface area contributed by atoms with Gasteiger partial charge in [0.25, 0.3) is 0 Å². The zero-order chi connectivity index (χ0) is 41.4. The van der Waals surface area contributed by atoms with Gasteiger partial charge in [0, 0.05) is 22.6 Å². The van der Waals surface area contributed by atoms with Crippen molar-refractivity contribution in [2.75, 3.05) is 0 Å². The number of benzene rings is 5. The summed E-state index contributed by atoms with van der Waals surface area (Å²) in [6.07, 6.45) is 0. The molecule has 1 heteroatoms. The van der Waals surface area contributed by atoms with Crippen molar-refractivity contribution in [2.45, 2.75) is 0 Å². The van der Waals surface area contributed by atoms with Crippen molar-refractivity contribution in [1.29, 1.82) is 0 Å². The van der Waals surface area contributed by atoms with Crippen LogP contribution in [0.2, 0.25) is 0 Å². The Balaban J connectivity index is 1.74. The summed E-state index contributed by atoms with van der Waals surface area (Å²) >= 11 is 0. The molecule has 0 aliphatic heterocycles. The molecule has 2 atom stereocenters. The minimum absolute atomic E-state index is 0.0206. The Morgan fingerprint density at radius 3 is 1.90 bits per heavy atom. The van der Waals surface area contributed by atoms with E-state index in [1.165, 1.54) is 12.1 Å². The quantitative estimate of drug-likeness (QED) is 0.232. The van der Waals surface area contributed by atoms with Gasteiger partial charge in [-0.3, -0.25) is 0 Å². The van der Waals surface area contributed by atoms with Crippen molar-refractivity contribution in [3.05, 3.63) is 167 Å². The van der Waals surface area contributed by atoms with Gasteiger partial charge >= 0.3 is 0 Å². The Kier molecular flexibility index (Phi) is 2.43. The van der Waals surface area contributed by atoms with Gasteiger partial charge in [-0.05, 0) is 62.0 Å². The maximum atomic E-state index is 9.42. The molecule has 2 aliphatic rings. The summed E-state index contributed by atoms with van der Waals surface area (Å²) in [5.74, 6) is -3.27. The van der Waals surface area contributed by atoms with E-state index in [0.29, 0.717) is 16.4 Å². The predicted octanol–water partition coefficient (Wildman–Crippen LogP) is 8.02. The van der Waals surface area contributed by atoms with Gasteiger partial charge in [-0.15, -0.1) is 0 Å². The number of para-hydroxylation sites is 1. The minimum Gasteiger partial charge on any atom is -0.456 e. The summed E-state index contributed by atoms with van der Waals surface area (Å²) in [7, 11) is 0. The van der Waals surface area contributed by atoms with Crippen LogP contribution in [0.1, 0.15) is 35.8 Å². The maximum Gasteiger partial charge on any atom is 0.136 e. The topological polar surface area (TPSA) is 13.1 Å². The van der Waals surface area contributed by atoms with Crippen LogP contribution < -0.4 is 10.4 Å². The van der Waals surface area contributed by atoms with E-state index in [0.717, 1.165) is 0 Å². The SMILES string of the molecule is [2H]C1=C([2H])C2C(c3cc4c(cc3-c3c([2H])c([2H])c([2H])c([2H])c3[2H])oc3ccccc34)=c3c([2H])c([2H])c([2H])c([2H])c3=C(c3c([2H])c([2H])c([2H])c([2H])c3[2H])C2C([2H])=C1[2H]. The number of furan rings is 1. The monoisotopic (exact) mass is 516 g/mol. The van der Waals surface area contributed by atoms with Crippen LogP contribution in [0.4, 0.5) is 0 Å². The van der Waals surface area contributed by atoms with E-state index in [9.17, 15) is 5.48 Å². The van der Waals surface area contributed by atoms with Crippen molar-refractivity contribution in [2.24, 2.45) is 11.8 Å². The van der Waals surface area contributed by atoms with Gasteiger partial charge in [0.2, 0.25) is 0 Å².